The van der Waals surface area contributed by atoms with Gasteiger partial charge in [-0.25, -0.2) is 9.79 Å². The van der Waals surface area contributed by atoms with Gasteiger partial charge in [0.2, 0.25) is 0 Å². The molecule has 1 N–H and O–H groups in total. The second-order valence-corrected chi connectivity index (χ2v) is 7.50. The van der Waals surface area contributed by atoms with Gasteiger partial charge in [0, 0.05) is 5.69 Å². The van der Waals surface area contributed by atoms with Crippen LogP contribution in [0.5, 0.6) is 0 Å². The number of benzene rings is 3. The van der Waals surface area contributed by atoms with Crippen molar-refractivity contribution in [2.45, 2.75) is 19.4 Å². The highest BCUT2D eigenvalue weighted by Gasteiger charge is 2.58. The van der Waals surface area contributed by atoms with Gasteiger partial charge in [-0.05, 0) is 50.2 Å². The molecular formula is C26H24N4O3. The molecule has 1 aliphatic rings. The molecule has 0 saturated carbocycles. The minimum absolute atomic E-state index is 0.0732. The van der Waals surface area contributed by atoms with E-state index in [1.807, 2.05) is 54.6 Å². The van der Waals surface area contributed by atoms with Gasteiger partial charge in [0.05, 0.1) is 18.0 Å². The van der Waals surface area contributed by atoms with E-state index in [1.54, 1.807) is 50.2 Å². The number of anilines is 2. The van der Waals surface area contributed by atoms with Gasteiger partial charge in [0.1, 0.15) is 5.71 Å². The van der Waals surface area contributed by atoms with Crippen molar-refractivity contribution in [1.29, 1.82) is 0 Å². The summed E-state index contributed by atoms with van der Waals surface area (Å²) in [5.41, 5.74) is 3.53. The Morgan fingerprint density at radius 1 is 0.939 bits per heavy atom. The monoisotopic (exact) mass is 440 g/mol. The number of esters is 1. The van der Waals surface area contributed by atoms with Gasteiger partial charge < -0.3 is 4.74 Å². The maximum atomic E-state index is 13.7. The number of hydrogen-bond acceptors (Lipinski definition) is 6. The van der Waals surface area contributed by atoms with Crippen molar-refractivity contribution in [2.75, 3.05) is 16.9 Å². The molecule has 7 heteroatoms. The van der Waals surface area contributed by atoms with Crippen LogP contribution in [-0.2, 0) is 14.3 Å². The summed E-state index contributed by atoms with van der Waals surface area (Å²) in [6.07, 6.45) is 0. The Morgan fingerprint density at radius 2 is 1.52 bits per heavy atom. The standard InChI is InChI=1S/C26H24N4O3/c1-3-33-25(32)26(2)23(29-28-20-15-9-5-10-16-20)22(27-19-13-7-4-8-14-19)24(31)30(26)21-17-11-6-12-18-21/h4-18,28H,3H2,1-2H3/b27-22?,29-23-. The zero-order valence-electron chi connectivity index (χ0n) is 18.4. The molecule has 1 saturated heterocycles. The van der Waals surface area contributed by atoms with E-state index >= 15 is 0 Å². The summed E-state index contributed by atoms with van der Waals surface area (Å²) in [4.78, 5) is 33.1. The first kappa shape index (κ1) is 22.0. The molecule has 0 aromatic heterocycles. The lowest BCUT2D eigenvalue weighted by atomic mass is 9.95. The Morgan fingerprint density at radius 3 is 2.12 bits per heavy atom. The van der Waals surface area contributed by atoms with Crippen LogP contribution in [0, 0.1) is 0 Å². The first-order valence-corrected chi connectivity index (χ1v) is 10.7. The van der Waals surface area contributed by atoms with Crippen molar-refractivity contribution < 1.29 is 14.3 Å². The average Bonchev–Trinajstić information content (AvgIpc) is 3.06. The van der Waals surface area contributed by atoms with Crippen LogP contribution >= 0.6 is 0 Å². The molecule has 1 amide bonds. The van der Waals surface area contributed by atoms with E-state index in [2.05, 4.69) is 15.5 Å². The lowest BCUT2D eigenvalue weighted by molar-refractivity contribution is -0.146. The third-order valence-electron chi connectivity index (χ3n) is 5.29. The zero-order chi connectivity index (χ0) is 23.3. The predicted octanol–water partition coefficient (Wildman–Crippen LogP) is 4.60. The van der Waals surface area contributed by atoms with E-state index in [1.165, 1.54) is 4.90 Å². The molecule has 0 radical (unpaired) electrons. The highest BCUT2D eigenvalue weighted by molar-refractivity contribution is 6.77. The molecule has 3 aromatic carbocycles. The molecule has 1 atom stereocenters. The minimum Gasteiger partial charge on any atom is -0.464 e. The highest BCUT2D eigenvalue weighted by atomic mass is 16.5. The van der Waals surface area contributed by atoms with Crippen molar-refractivity contribution in [2.24, 2.45) is 10.1 Å². The summed E-state index contributed by atoms with van der Waals surface area (Å²) in [5, 5.41) is 4.53. The van der Waals surface area contributed by atoms with Crippen molar-refractivity contribution >= 4 is 40.4 Å². The second-order valence-electron chi connectivity index (χ2n) is 7.50. The van der Waals surface area contributed by atoms with Gasteiger partial charge in [-0.15, -0.1) is 0 Å². The number of hydrazone groups is 1. The highest BCUT2D eigenvalue weighted by Crippen LogP contribution is 2.34. The van der Waals surface area contributed by atoms with Crippen LogP contribution in [0.1, 0.15) is 13.8 Å². The number of ether oxygens (including phenoxy) is 1. The summed E-state index contributed by atoms with van der Waals surface area (Å²) in [7, 11) is 0. The van der Waals surface area contributed by atoms with E-state index in [0.717, 1.165) is 0 Å². The first-order valence-electron chi connectivity index (χ1n) is 10.7. The number of carbonyl (C=O) groups is 2. The summed E-state index contributed by atoms with van der Waals surface area (Å²) in [5.74, 6) is -1.02. The number of amides is 1. The molecule has 1 unspecified atom stereocenters. The van der Waals surface area contributed by atoms with E-state index in [-0.39, 0.29) is 18.0 Å². The Labute approximate surface area is 192 Å². The lowest BCUT2D eigenvalue weighted by Crippen LogP contribution is -2.55. The fraction of sp³-hybridized carbons (Fsp3) is 0.154. The lowest BCUT2D eigenvalue weighted by Gasteiger charge is -2.32. The summed E-state index contributed by atoms with van der Waals surface area (Å²) < 4.78 is 5.41. The molecule has 1 aliphatic heterocycles. The fourth-order valence-corrected chi connectivity index (χ4v) is 3.69. The van der Waals surface area contributed by atoms with Crippen molar-refractivity contribution in [3.8, 4) is 0 Å². The molecule has 33 heavy (non-hydrogen) atoms. The number of rotatable bonds is 6. The van der Waals surface area contributed by atoms with E-state index in [4.69, 9.17) is 4.74 Å². The Hall–Kier alpha value is -4.26. The van der Waals surface area contributed by atoms with Crippen LogP contribution < -0.4 is 10.3 Å². The van der Waals surface area contributed by atoms with E-state index < -0.39 is 17.4 Å². The molecule has 1 heterocycles. The number of aliphatic imine (C=N–C) groups is 1. The molecule has 0 spiro atoms. The van der Waals surface area contributed by atoms with Gasteiger partial charge in [-0.3, -0.25) is 15.1 Å². The average molecular weight is 441 g/mol. The van der Waals surface area contributed by atoms with Gasteiger partial charge >= 0.3 is 5.97 Å². The van der Waals surface area contributed by atoms with Gasteiger partial charge in [-0.2, -0.15) is 5.10 Å². The fourth-order valence-electron chi connectivity index (χ4n) is 3.69. The van der Waals surface area contributed by atoms with Crippen LogP contribution in [-0.4, -0.2) is 35.4 Å². The van der Waals surface area contributed by atoms with E-state index in [9.17, 15) is 9.59 Å². The number of nitrogens with zero attached hydrogens (tertiary/aromatic N) is 3. The number of para-hydroxylation sites is 3. The van der Waals surface area contributed by atoms with Crippen molar-refractivity contribution in [3.63, 3.8) is 0 Å². The summed E-state index contributed by atoms with van der Waals surface area (Å²) in [6.45, 7) is 3.52. The topological polar surface area (TPSA) is 83.4 Å². The predicted molar refractivity (Wildman–Crippen MR) is 130 cm³/mol. The van der Waals surface area contributed by atoms with Gasteiger partial charge in [0.25, 0.3) is 5.91 Å². The van der Waals surface area contributed by atoms with Crippen LogP contribution in [0.4, 0.5) is 17.1 Å². The van der Waals surface area contributed by atoms with Crippen LogP contribution in [0.15, 0.2) is 101 Å². The molecule has 3 aromatic rings. The molecular weight excluding hydrogens is 416 g/mol. The van der Waals surface area contributed by atoms with Gasteiger partial charge in [0.15, 0.2) is 11.3 Å². The largest absolute Gasteiger partial charge is 0.464 e. The van der Waals surface area contributed by atoms with Crippen molar-refractivity contribution in [1.82, 2.24) is 0 Å². The smallest absolute Gasteiger partial charge is 0.338 e. The third kappa shape index (κ3) is 4.25. The first-order chi connectivity index (χ1) is 16.1. The van der Waals surface area contributed by atoms with Crippen LogP contribution in [0.3, 0.4) is 0 Å². The Bertz CT molecular complexity index is 1190. The molecule has 7 nitrogen and oxygen atoms in total. The Kier molecular flexibility index (Phi) is 6.31. The number of carbonyl (C=O) groups excluding carboxylic acids is 2. The molecule has 0 aliphatic carbocycles. The number of nitrogens with one attached hydrogen (secondary N) is 1. The van der Waals surface area contributed by atoms with E-state index in [0.29, 0.717) is 17.1 Å². The molecule has 4 rings (SSSR count). The Balaban J connectivity index is 1.91. The van der Waals surface area contributed by atoms with Crippen LogP contribution in [0.2, 0.25) is 0 Å². The third-order valence-corrected chi connectivity index (χ3v) is 5.29. The summed E-state index contributed by atoms with van der Waals surface area (Å²) in [6, 6.07) is 27.4. The minimum atomic E-state index is -1.52. The van der Waals surface area contributed by atoms with Gasteiger partial charge in [-0.1, -0.05) is 54.6 Å². The quantitative estimate of drug-likeness (QED) is 0.449. The van der Waals surface area contributed by atoms with Crippen molar-refractivity contribution in [3.05, 3.63) is 91.0 Å². The second kappa shape index (κ2) is 9.48. The van der Waals surface area contributed by atoms with Crippen LogP contribution in [0.25, 0.3) is 0 Å². The molecule has 1 fully saturated rings. The summed E-state index contributed by atoms with van der Waals surface area (Å²) >= 11 is 0. The molecule has 0 bridgehead atoms. The number of hydrogen-bond donors (Lipinski definition) is 1. The SMILES string of the molecule is CCOC(=O)C1(C)/C(=N\Nc2ccccc2)C(=Nc2ccccc2)C(=O)N1c1ccccc1. The molecule has 166 valence electrons. The zero-order valence-corrected chi connectivity index (χ0v) is 18.4. The normalized spacial score (nSPS) is 20.3. The maximum absolute atomic E-state index is 13.7. The maximum Gasteiger partial charge on any atom is 0.338 e.